The van der Waals surface area contributed by atoms with Crippen LogP contribution in [-0.2, 0) is 19.6 Å². The van der Waals surface area contributed by atoms with E-state index < -0.39 is 16.1 Å². The molecule has 0 saturated carbocycles. The Morgan fingerprint density at radius 3 is 2.19 bits per heavy atom. The number of sulfonamides is 1. The van der Waals surface area contributed by atoms with Crippen LogP contribution in [0.3, 0.4) is 0 Å². The first-order valence-electron chi connectivity index (χ1n) is 8.30. The van der Waals surface area contributed by atoms with Crippen molar-refractivity contribution < 1.29 is 18.0 Å². The van der Waals surface area contributed by atoms with E-state index in [0.29, 0.717) is 12.0 Å². The van der Waals surface area contributed by atoms with Crippen LogP contribution in [0.1, 0.15) is 25.8 Å². The average Bonchev–Trinajstić information content (AvgIpc) is 2.58. The predicted octanol–water partition coefficient (Wildman–Crippen LogP) is 1.23. The minimum absolute atomic E-state index is 0.148. The first-order chi connectivity index (χ1) is 12.1. The van der Waals surface area contributed by atoms with E-state index in [9.17, 15) is 18.0 Å². The molecule has 0 spiro atoms. The maximum absolute atomic E-state index is 12.2. The van der Waals surface area contributed by atoms with Gasteiger partial charge in [0.2, 0.25) is 21.8 Å². The lowest BCUT2D eigenvalue weighted by Gasteiger charge is -2.22. The van der Waals surface area contributed by atoms with Crippen LogP contribution >= 0.6 is 0 Å². The van der Waals surface area contributed by atoms with Crippen molar-refractivity contribution in [2.75, 3.05) is 21.1 Å². The topological polar surface area (TPSA) is 95.6 Å². The summed E-state index contributed by atoms with van der Waals surface area (Å²) in [4.78, 5) is 25.9. The summed E-state index contributed by atoms with van der Waals surface area (Å²) >= 11 is 0. The molecular formula is C18H27N3O4S. The van der Waals surface area contributed by atoms with Gasteiger partial charge < -0.3 is 10.2 Å². The minimum atomic E-state index is -3.49. The number of carbonyl (C=O) groups excluding carboxylic acids is 2. The molecule has 2 N–H and O–H groups in total. The van der Waals surface area contributed by atoms with Crippen molar-refractivity contribution in [3.63, 3.8) is 0 Å². The van der Waals surface area contributed by atoms with Crippen molar-refractivity contribution in [2.24, 2.45) is 5.92 Å². The molecule has 2 amide bonds. The Morgan fingerprint density at radius 2 is 1.73 bits per heavy atom. The standard InChI is InChI=1S/C18H27N3O4S/c1-13(2)12-16(18(23)21(4)5)20-17(22)11-8-14-6-9-15(10-7-14)26(24,25)19-3/h6-11,13,16,19H,12H2,1-5H3,(H,20,22). The largest absolute Gasteiger partial charge is 0.347 e. The summed E-state index contributed by atoms with van der Waals surface area (Å²) in [6.07, 6.45) is 3.45. The third kappa shape index (κ3) is 6.61. The Kier molecular flexibility index (Phi) is 7.98. The lowest BCUT2D eigenvalue weighted by Crippen LogP contribution is -2.46. The second-order valence-electron chi connectivity index (χ2n) is 6.53. The minimum Gasteiger partial charge on any atom is -0.347 e. The van der Waals surface area contributed by atoms with Crippen molar-refractivity contribution >= 4 is 27.9 Å². The van der Waals surface area contributed by atoms with Gasteiger partial charge in [-0.2, -0.15) is 0 Å². The van der Waals surface area contributed by atoms with Crippen molar-refractivity contribution in [1.82, 2.24) is 14.9 Å². The molecule has 0 fully saturated rings. The summed E-state index contributed by atoms with van der Waals surface area (Å²) in [7, 11) is 1.16. The Balaban J connectivity index is 2.80. The lowest BCUT2D eigenvalue weighted by atomic mass is 10.0. The Bertz CT molecular complexity index is 753. The van der Waals surface area contributed by atoms with E-state index in [4.69, 9.17) is 0 Å². The molecular weight excluding hydrogens is 354 g/mol. The fourth-order valence-electron chi connectivity index (χ4n) is 2.27. The van der Waals surface area contributed by atoms with E-state index in [2.05, 4.69) is 10.0 Å². The molecule has 0 aliphatic rings. The fourth-order valence-corrected chi connectivity index (χ4v) is 3.00. The molecule has 26 heavy (non-hydrogen) atoms. The van der Waals surface area contributed by atoms with Gasteiger partial charge >= 0.3 is 0 Å². The first kappa shape index (κ1) is 21.9. The van der Waals surface area contributed by atoms with Crippen LogP contribution < -0.4 is 10.0 Å². The van der Waals surface area contributed by atoms with E-state index in [0.717, 1.165) is 0 Å². The maximum Gasteiger partial charge on any atom is 0.244 e. The van der Waals surface area contributed by atoms with Gasteiger partial charge in [0.15, 0.2) is 0 Å². The van der Waals surface area contributed by atoms with Crippen LogP contribution in [0.25, 0.3) is 6.08 Å². The zero-order chi connectivity index (χ0) is 19.9. The summed E-state index contributed by atoms with van der Waals surface area (Å²) in [6, 6.07) is 5.54. The van der Waals surface area contributed by atoms with Gasteiger partial charge in [-0.1, -0.05) is 26.0 Å². The summed E-state index contributed by atoms with van der Waals surface area (Å²) in [5.41, 5.74) is 0.676. The van der Waals surface area contributed by atoms with Crippen molar-refractivity contribution in [1.29, 1.82) is 0 Å². The molecule has 144 valence electrons. The predicted molar refractivity (Wildman–Crippen MR) is 102 cm³/mol. The van der Waals surface area contributed by atoms with E-state index in [1.165, 1.54) is 30.2 Å². The molecule has 1 aromatic carbocycles. The second-order valence-corrected chi connectivity index (χ2v) is 8.42. The van der Waals surface area contributed by atoms with Gasteiger partial charge in [-0.3, -0.25) is 9.59 Å². The Morgan fingerprint density at radius 1 is 1.15 bits per heavy atom. The van der Waals surface area contributed by atoms with Crippen molar-refractivity contribution in [2.45, 2.75) is 31.2 Å². The van der Waals surface area contributed by atoms with Gasteiger partial charge in [0.1, 0.15) is 6.04 Å². The van der Waals surface area contributed by atoms with Gasteiger partial charge in [0.05, 0.1) is 4.90 Å². The smallest absolute Gasteiger partial charge is 0.244 e. The molecule has 7 nitrogen and oxygen atoms in total. The van der Waals surface area contributed by atoms with Crippen LogP contribution in [0.2, 0.25) is 0 Å². The van der Waals surface area contributed by atoms with Crippen LogP contribution in [0.5, 0.6) is 0 Å². The fraction of sp³-hybridized carbons (Fsp3) is 0.444. The number of hydrogen-bond donors (Lipinski definition) is 2. The highest BCUT2D eigenvalue weighted by atomic mass is 32.2. The highest BCUT2D eigenvalue weighted by Gasteiger charge is 2.22. The van der Waals surface area contributed by atoms with Crippen LogP contribution in [0.4, 0.5) is 0 Å². The molecule has 1 rings (SSSR count). The zero-order valence-corrected chi connectivity index (χ0v) is 16.6. The summed E-state index contributed by atoms with van der Waals surface area (Å²) in [5.74, 6) is -0.269. The number of benzene rings is 1. The van der Waals surface area contributed by atoms with E-state index in [1.54, 1.807) is 32.3 Å². The van der Waals surface area contributed by atoms with Crippen LogP contribution in [0, 0.1) is 5.92 Å². The monoisotopic (exact) mass is 381 g/mol. The normalized spacial score (nSPS) is 13.0. The van der Waals surface area contributed by atoms with Crippen LogP contribution in [-0.4, -0.2) is 52.3 Å². The number of rotatable bonds is 8. The lowest BCUT2D eigenvalue weighted by molar-refractivity contribution is -0.133. The molecule has 0 bridgehead atoms. The molecule has 0 saturated heterocycles. The summed E-state index contributed by atoms with van der Waals surface area (Å²) in [5, 5.41) is 2.72. The van der Waals surface area contributed by atoms with Gasteiger partial charge in [-0.15, -0.1) is 0 Å². The van der Waals surface area contributed by atoms with Crippen LogP contribution in [0.15, 0.2) is 35.2 Å². The molecule has 8 heteroatoms. The van der Waals surface area contributed by atoms with Gasteiger partial charge in [0, 0.05) is 20.2 Å². The Labute approximate surface area is 155 Å². The molecule has 0 aliphatic carbocycles. The molecule has 1 atom stereocenters. The zero-order valence-electron chi connectivity index (χ0n) is 15.8. The van der Waals surface area contributed by atoms with E-state index >= 15 is 0 Å². The number of likely N-dealkylation sites (N-methyl/N-ethyl adjacent to an activating group) is 1. The third-order valence-corrected chi connectivity index (χ3v) is 5.08. The van der Waals surface area contributed by atoms with E-state index in [1.807, 2.05) is 13.8 Å². The third-order valence-electron chi connectivity index (χ3n) is 3.65. The highest BCUT2D eigenvalue weighted by molar-refractivity contribution is 7.89. The quantitative estimate of drug-likeness (QED) is 0.662. The number of amides is 2. The Hall–Kier alpha value is -2.19. The number of nitrogens with zero attached hydrogens (tertiary/aromatic N) is 1. The molecule has 0 aliphatic heterocycles. The number of carbonyl (C=O) groups is 2. The second kappa shape index (κ2) is 9.49. The molecule has 1 unspecified atom stereocenters. The van der Waals surface area contributed by atoms with Crippen molar-refractivity contribution in [3.8, 4) is 0 Å². The summed E-state index contributed by atoms with van der Waals surface area (Å²) < 4.78 is 25.6. The molecule has 0 radical (unpaired) electrons. The molecule has 0 aromatic heterocycles. The summed E-state index contributed by atoms with van der Waals surface area (Å²) in [6.45, 7) is 3.97. The molecule has 1 aromatic rings. The van der Waals surface area contributed by atoms with Gasteiger partial charge in [-0.05, 0) is 43.2 Å². The van der Waals surface area contributed by atoms with E-state index in [-0.39, 0.29) is 22.6 Å². The first-order valence-corrected chi connectivity index (χ1v) is 9.78. The highest BCUT2D eigenvalue weighted by Crippen LogP contribution is 2.11. The van der Waals surface area contributed by atoms with Gasteiger partial charge in [-0.25, -0.2) is 13.1 Å². The number of nitrogens with one attached hydrogen (secondary N) is 2. The average molecular weight is 381 g/mol. The number of hydrogen-bond acceptors (Lipinski definition) is 4. The van der Waals surface area contributed by atoms with Crippen molar-refractivity contribution in [3.05, 3.63) is 35.9 Å². The molecule has 0 heterocycles. The maximum atomic E-state index is 12.2. The SMILES string of the molecule is CNS(=O)(=O)c1ccc(C=CC(=O)NC(CC(C)C)C(=O)N(C)C)cc1. The van der Waals surface area contributed by atoms with Gasteiger partial charge in [0.25, 0.3) is 0 Å².